The zero-order valence-corrected chi connectivity index (χ0v) is 15.7. The van der Waals surface area contributed by atoms with Crippen molar-refractivity contribution in [3.63, 3.8) is 0 Å². The van der Waals surface area contributed by atoms with Crippen molar-refractivity contribution in [3.8, 4) is 5.88 Å². The number of carbonyl (C=O) groups is 1. The molecule has 3 rings (SSSR count). The number of hydrogen-bond acceptors (Lipinski definition) is 7. The lowest BCUT2D eigenvalue weighted by Crippen LogP contribution is -2.14. The van der Waals surface area contributed by atoms with Gasteiger partial charge in [0.2, 0.25) is 5.88 Å². The highest BCUT2D eigenvalue weighted by Gasteiger charge is 2.09. The van der Waals surface area contributed by atoms with Crippen LogP contribution in [0.25, 0.3) is 0 Å². The average Bonchev–Trinajstić information content (AvgIpc) is 2.72. The molecule has 0 unspecified atom stereocenters. The molecule has 0 spiro atoms. The summed E-state index contributed by atoms with van der Waals surface area (Å²) in [7, 11) is 0. The predicted octanol–water partition coefficient (Wildman–Crippen LogP) is 2.94. The summed E-state index contributed by atoms with van der Waals surface area (Å²) in [5, 5.41) is 6.02. The van der Waals surface area contributed by atoms with E-state index in [4.69, 9.17) is 22.1 Å². The van der Waals surface area contributed by atoms with Gasteiger partial charge >= 0.3 is 0 Å². The average molecular weight is 399 g/mol. The fourth-order valence-electron chi connectivity index (χ4n) is 2.37. The van der Waals surface area contributed by atoms with Crippen LogP contribution in [-0.4, -0.2) is 33.3 Å². The summed E-state index contributed by atoms with van der Waals surface area (Å²) in [6.07, 6.45) is 4.38. The Kier molecular flexibility index (Phi) is 6.59. The van der Waals surface area contributed by atoms with Crippen LogP contribution < -0.4 is 21.1 Å². The van der Waals surface area contributed by atoms with Crippen LogP contribution >= 0.6 is 11.6 Å². The molecule has 3 aromatic rings. The van der Waals surface area contributed by atoms with Crippen molar-refractivity contribution in [2.24, 2.45) is 0 Å². The van der Waals surface area contributed by atoms with Crippen LogP contribution in [0.4, 0.5) is 17.2 Å². The smallest absolute Gasteiger partial charge is 0.275 e. The fourth-order valence-corrected chi connectivity index (χ4v) is 2.45. The van der Waals surface area contributed by atoms with Gasteiger partial charge in [-0.3, -0.25) is 4.79 Å². The van der Waals surface area contributed by atoms with Gasteiger partial charge in [-0.25, -0.2) is 15.0 Å². The normalized spacial score (nSPS) is 10.3. The van der Waals surface area contributed by atoms with Gasteiger partial charge in [0, 0.05) is 18.4 Å². The Morgan fingerprint density at radius 1 is 1.14 bits per heavy atom. The van der Waals surface area contributed by atoms with Crippen molar-refractivity contribution in [2.45, 2.75) is 6.54 Å². The van der Waals surface area contributed by atoms with E-state index in [-0.39, 0.29) is 11.6 Å². The molecule has 0 fully saturated rings. The van der Waals surface area contributed by atoms with Gasteiger partial charge in [-0.05, 0) is 29.8 Å². The third kappa shape index (κ3) is 5.31. The number of alkyl halides is 1. The maximum absolute atomic E-state index is 12.4. The molecule has 144 valence electrons. The minimum atomic E-state index is -0.363. The number of pyridine rings is 1. The highest BCUT2D eigenvalue weighted by Crippen LogP contribution is 2.17. The van der Waals surface area contributed by atoms with Gasteiger partial charge in [0.15, 0.2) is 0 Å². The molecule has 0 saturated carbocycles. The standard InChI is InChI=1S/C19H19ClN6O2/c20-6-8-28-17-12-24-16(11-25-17)19(27)26-14-4-1-3-13(9-14)10-23-15-5-2-7-22-18(15)21/h1-5,7,9,11-12,23H,6,8,10H2,(H2,21,22)(H,26,27). The number of benzene rings is 1. The van der Waals surface area contributed by atoms with Crippen molar-refractivity contribution in [1.82, 2.24) is 15.0 Å². The van der Waals surface area contributed by atoms with Crippen LogP contribution in [0.2, 0.25) is 0 Å². The van der Waals surface area contributed by atoms with Crippen LogP contribution in [0.3, 0.4) is 0 Å². The zero-order chi connectivity index (χ0) is 19.8. The number of carbonyl (C=O) groups excluding carboxylic acids is 1. The van der Waals surface area contributed by atoms with Gasteiger partial charge in [0.25, 0.3) is 5.91 Å². The van der Waals surface area contributed by atoms with Gasteiger partial charge in [-0.2, -0.15) is 0 Å². The third-order valence-electron chi connectivity index (χ3n) is 3.69. The maximum Gasteiger partial charge on any atom is 0.275 e. The Hall–Kier alpha value is -3.39. The van der Waals surface area contributed by atoms with Gasteiger partial charge in [0.1, 0.15) is 18.1 Å². The fraction of sp³-hybridized carbons (Fsp3) is 0.158. The van der Waals surface area contributed by atoms with Gasteiger partial charge in [-0.1, -0.05) is 12.1 Å². The van der Waals surface area contributed by atoms with Gasteiger partial charge in [0.05, 0.1) is 24.0 Å². The Balaban J connectivity index is 1.60. The number of nitrogens with one attached hydrogen (secondary N) is 2. The zero-order valence-electron chi connectivity index (χ0n) is 14.9. The molecule has 2 aromatic heterocycles. The first-order valence-electron chi connectivity index (χ1n) is 8.51. The third-order valence-corrected chi connectivity index (χ3v) is 3.85. The Labute approximate surface area is 167 Å². The number of anilines is 3. The predicted molar refractivity (Wildman–Crippen MR) is 109 cm³/mol. The second-order valence-corrected chi connectivity index (χ2v) is 6.10. The van der Waals surface area contributed by atoms with Crippen molar-refractivity contribution in [1.29, 1.82) is 0 Å². The number of amides is 1. The lowest BCUT2D eigenvalue weighted by molar-refractivity contribution is 0.102. The molecule has 0 radical (unpaired) electrons. The summed E-state index contributed by atoms with van der Waals surface area (Å²) in [4.78, 5) is 24.5. The van der Waals surface area contributed by atoms with Crippen molar-refractivity contribution < 1.29 is 9.53 Å². The molecule has 0 aliphatic rings. The first kappa shape index (κ1) is 19.4. The molecule has 0 aliphatic carbocycles. The molecule has 0 atom stereocenters. The second-order valence-electron chi connectivity index (χ2n) is 5.72. The minimum absolute atomic E-state index is 0.185. The van der Waals surface area contributed by atoms with Crippen molar-refractivity contribution >= 4 is 34.7 Å². The summed E-state index contributed by atoms with van der Waals surface area (Å²) < 4.78 is 5.24. The summed E-state index contributed by atoms with van der Waals surface area (Å²) >= 11 is 5.55. The number of rotatable bonds is 8. The first-order chi connectivity index (χ1) is 13.7. The van der Waals surface area contributed by atoms with Crippen LogP contribution in [0, 0.1) is 0 Å². The number of nitrogens with two attached hydrogens (primary N) is 1. The summed E-state index contributed by atoms with van der Waals surface area (Å²) in [6, 6.07) is 11.1. The second kappa shape index (κ2) is 9.52. The SMILES string of the molecule is Nc1ncccc1NCc1cccc(NC(=O)c2cnc(OCCCl)cn2)c1. The van der Waals surface area contributed by atoms with Crippen molar-refractivity contribution in [2.75, 3.05) is 28.9 Å². The lowest BCUT2D eigenvalue weighted by atomic mass is 10.2. The molecule has 0 aliphatic heterocycles. The van der Waals surface area contributed by atoms with Crippen LogP contribution in [0.1, 0.15) is 16.1 Å². The number of aromatic nitrogens is 3. The lowest BCUT2D eigenvalue weighted by Gasteiger charge is -2.10. The number of halogens is 1. The highest BCUT2D eigenvalue weighted by atomic mass is 35.5. The quantitative estimate of drug-likeness (QED) is 0.499. The van der Waals surface area contributed by atoms with Crippen molar-refractivity contribution in [3.05, 3.63) is 66.2 Å². The van der Waals surface area contributed by atoms with Crippen LogP contribution in [-0.2, 0) is 6.54 Å². The first-order valence-corrected chi connectivity index (χ1v) is 9.04. The number of hydrogen-bond donors (Lipinski definition) is 3. The van der Waals surface area contributed by atoms with Crippen LogP contribution in [0.5, 0.6) is 5.88 Å². The van der Waals surface area contributed by atoms with E-state index in [1.807, 2.05) is 30.3 Å². The minimum Gasteiger partial charge on any atom is -0.475 e. The summed E-state index contributed by atoms with van der Waals surface area (Å²) in [6.45, 7) is 0.860. The van der Waals surface area contributed by atoms with E-state index in [2.05, 4.69) is 25.6 Å². The van der Waals surface area contributed by atoms with E-state index in [9.17, 15) is 4.79 Å². The Morgan fingerprint density at radius 3 is 2.79 bits per heavy atom. The molecule has 1 amide bonds. The number of nitrogen functional groups attached to an aromatic ring is 1. The molecular weight excluding hydrogens is 380 g/mol. The highest BCUT2D eigenvalue weighted by molar-refractivity contribution is 6.18. The van der Waals surface area contributed by atoms with Gasteiger partial charge in [-0.15, -0.1) is 11.6 Å². The largest absolute Gasteiger partial charge is 0.475 e. The summed E-state index contributed by atoms with van der Waals surface area (Å²) in [5.74, 6) is 0.740. The molecule has 4 N–H and O–H groups in total. The molecule has 28 heavy (non-hydrogen) atoms. The molecular formula is C19H19ClN6O2. The molecule has 9 heteroatoms. The van der Waals surface area contributed by atoms with E-state index in [1.165, 1.54) is 12.4 Å². The summed E-state index contributed by atoms with van der Waals surface area (Å²) in [5.41, 5.74) is 8.38. The van der Waals surface area contributed by atoms with Crippen LogP contribution in [0.15, 0.2) is 55.0 Å². The molecule has 0 bridgehead atoms. The molecule has 1 aromatic carbocycles. The molecule has 0 saturated heterocycles. The number of nitrogens with zero attached hydrogens (tertiary/aromatic N) is 3. The topological polar surface area (TPSA) is 115 Å². The van der Waals surface area contributed by atoms with E-state index < -0.39 is 0 Å². The van der Waals surface area contributed by atoms with E-state index in [0.717, 1.165) is 11.3 Å². The van der Waals surface area contributed by atoms with E-state index in [0.29, 0.717) is 36.4 Å². The van der Waals surface area contributed by atoms with E-state index >= 15 is 0 Å². The Bertz CT molecular complexity index is 936. The maximum atomic E-state index is 12.4. The monoisotopic (exact) mass is 398 g/mol. The number of ether oxygens (including phenoxy) is 1. The van der Waals surface area contributed by atoms with Gasteiger partial charge < -0.3 is 21.1 Å². The van der Waals surface area contributed by atoms with E-state index in [1.54, 1.807) is 12.3 Å². The molecule has 8 nitrogen and oxygen atoms in total. The Morgan fingerprint density at radius 2 is 2.04 bits per heavy atom. The molecule has 2 heterocycles.